The SMILES string of the molecule is C=C[C@@H](C[C@H](O)[C@H](CC1CCCCC1)NC(=O)[C@H](Cc1cnc[nH]1)NC(=O)[C@H](Cc1ccccc1)N=C(N)OC(=O)NCc1ccccc1)C(C)C. The molecular weight excluding hydrogens is 658 g/mol. The van der Waals surface area contributed by atoms with E-state index in [4.69, 9.17) is 10.5 Å². The number of aliphatic hydroxyl groups is 1. The molecule has 3 amide bonds. The molecule has 1 fully saturated rings. The summed E-state index contributed by atoms with van der Waals surface area (Å²) in [6.45, 7) is 8.37. The maximum absolute atomic E-state index is 14.2. The molecule has 1 aromatic heterocycles. The molecular formula is C40H55N7O5. The summed E-state index contributed by atoms with van der Waals surface area (Å²) >= 11 is 0. The Morgan fingerprint density at radius 1 is 1.00 bits per heavy atom. The van der Waals surface area contributed by atoms with Crippen molar-refractivity contribution in [3.63, 3.8) is 0 Å². The number of amides is 3. The lowest BCUT2D eigenvalue weighted by Crippen LogP contribution is -2.55. The zero-order valence-corrected chi connectivity index (χ0v) is 30.4. The molecule has 52 heavy (non-hydrogen) atoms. The van der Waals surface area contributed by atoms with Crippen molar-refractivity contribution >= 4 is 23.9 Å². The molecule has 0 spiro atoms. The van der Waals surface area contributed by atoms with Gasteiger partial charge < -0.3 is 36.5 Å². The van der Waals surface area contributed by atoms with Crippen LogP contribution in [0.25, 0.3) is 0 Å². The fraction of sp³-hybridized carbons (Fsp3) is 0.475. The molecule has 1 heterocycles. The zero-order valence-electron chi connectivity index (χ0n) is 30.4. The molecule has 0 bridgehead atoms. The normalized spacial score (nSPS) is 16.6. The van der Waals surface area contributed by atoms with E-state index < -0.39 is 48.2 Å². The minimum Gasteiger partial charge on any atom is -0.391 e. The quantitative estimate of drug-likeness (QED) is 0.0612. The van der Waals surface area contributed by atoms with Crippen LogP contribution in [-0.4, -0.2) is 63.2 Å². The number of hydrogen-bond donors (Lipinski definition) is 6. The topological polar surface area (TPSA) is 184 Å². The maximum atomic E-state index is 14.2. The molecule has 0 saturated heterocycles. The number of alkyl carbamates (subject to hydrolysis) is 1. The van der Waals surface area contributed by atoms with Crippen LogP contribution in [0.3, 0.4) is 0 Å². The summed E-state index contributed by atoms with van der Waals surface area (Å²) in [6.07, 6.45) is 10.2. The number of ether oxygens (including phenoxy) is 1. The van der Waals surface area contributed by atoms with E-state index >= 15 is 0 Å². The van der Waals surface area contributed by atoms with Crippen molar-refractivity contribution in [2.45, 2.75) is 102 Å². The second-order valence-corrected chi connectivity index (χ2v) is 14.0. The molecule has 1 aliphatic carbocycles. The van der Waals surface area contributed by atoms with Crippen LogP contribution in [0.15, 0.2) is 90.8 Å². The van der Waals surface area contributed by atoms with Gasteiger partial charge in [0.05, 0.1) is 18.5 Å². The predicted molar refractivity (Wildman–Crippen MR) is 202 cm³/mol. The zero-order chi connectivity index (χ0) is 37.3. The third-order valence-electron chi connectivity index (χ3n) is 9.72. The third kappa shape index (κ3) is 13.3. The van der Waals surface area contributed by atoms with Gasteiger partial charge in [-0.15, -0.1) is 6.58 Å². The Morgan fingerprint density at radius 3 is 2.29 bits per heavy atom. The summed E-state index contributed by atoms with van der Waals surface area (Å²) in [5.41, 5.74) is 8.35. The number of carbonyl (C=O) groups is 3. The Morgan fingerprint density at radius 2 is 1.67 bits per heavy atom. The number of H-pyrrole nitrogens is 1. The Kier molecular flexibility index (Phi) is 15.9. The van der Waals surface area contributed by atoms with Crippen molar-refractivity contribution in [3.8, 4) is 0 Å². The number of carbonyl (C=O) groups excluding carboxylic acids is 3. The number of nitrogens with zero attached hydrogens (tertiary/aromatic N) is 2. The molecule has 5 atom stereocenters. The molecule has 0 aliphatic heterocycles. The van der Waals surface area contributed by atoms with Crippen molar-refractivity contribution in [1.82, 2.24) is 25.9 Å². The van der Waals surface area contributed by atoms with Crippen LogP contribution in [0.5, 0.6) is 0 Å². The highest BCUT2D eigenvalue weighted by Crippen LogP contribution is 2.30. The van der Waals surface area contributed by atoms with E-state index in [1.807, 2.05) is 66.7 Å². The molecule has 4 rings (SSSR count). The van der Waals surface area contributed by atoms with Gasteiger partial charge in [0.1, 0.15) is 12.1 Å². The first-order valence-electron chi connectivity index (χ1n) is 18.4. The van der Waals surface area contributed by atoms with Gasteiger partial charge in [0.15, 0.2) is 0 Å². The highest BCUT2D eigenvalue weighted by Gasteiger charge is 2.32. The van der Waals surface area contributed by atoms with E-state index in [9.17, 15) is 19.5 Å². The lowest BCUT2D eigenvalue weighted by atomic mass is 9.81. The molecule has 1 aliphatic rings. The van der Waals surface area contributed by atoms with Crippen LogP contribution in [0.2, 0.25) is 0 Å². The first kappa shape index (κ1) is 39.8. The molecule has 12 nitrogen and oxygen atoms in total. The number of benzene rings is 2. The number of amidine groups is 1. The number of rotatable bonds is 18. The highest BCUT2D eigenvalue weighted by molar-refractivity contribution is 5.92. The minimum atomic E-state index is -1.13. The fourth-order valence-corrected chi connectivity index (χ4v) is 6.67. The Hall–Kier alpha value is -4.97. The first-order valence-corrected chi connectivity index (χ1v) is 18.4. The first-order chi connectivity index (χ1) is 25.1. The number of imidazole rings is 1. The van der Waals surface area contributed by atoms with Gasteiger partial charge in [0, 0.05) is 31.3 Å². The average Bonchev–Trinajstić information content (AvgIpc) is 3.66. The summed E-state index contributed by atoms with van der Waals surface area (Å²) in [5, 5.41) is 20.2. The number of nitrogens with one attached hydrogen (secondary N) is 4. The Bertz CT molecular complexity index is 1560. The summed E-state index contributed by atoms with van der Waals surface area (Å²) in [5.74, 6) is -0.289. The van der Waals surface area contributed by atoms with Crippen molar-refractivity contribution < 1.29 is 24.2 Å². The van der Waals surface area contributed by atoms with Gasteiger partial charge in [-0.3, -0.25) is 9.59 Å². The van der Waals surface area contributed by atoms with Gasteiger partial charge in [-0.1, -0.05) is 113 Å². The van der Waals surface area contributed by atoms with Crippen LogP contribution in [-0.2, 0) is 33.7 Å². The standard InChI is InChI=1S/C40H55N7O5/c1-4-31(27(2)3)22-36(48)33(20-28-14-8-5-9-15-28)45-38(50)35(23-32-25-42-26-44-32)46-37(49)34(21-29-16-10-6-11-17-29)47-39(41)52-40(51)43-24-30-18-12-7-13-19-30/h4,6-7,10-13,16-19,25-28,31,33-36,48H,1,5,8-9,14-15,20-24H2,2-3H3,(H2,41,47)(H,42,44)(H,43,51)(H,45,50)(H,46,49)/t31-,33-,34-,35-,36-/m0/s1. The van der Waals surface area contributed by atoms with Gasteiger partial charge in [-0.05, 0) is 41.7 Å². The van der Waals surface area contributed by atoms with Gasteiger partial charge in [0.2, 0.25) is 11.8 Å². The second kappa shape index (κ2) is 20.8. The smallest absolute Gasteiger partial charge is 0.391 e. The number of nitrogens with two attached hydrogens (primary N) is 1. The van der Waals surface area contributed by atoms with Crippen molar-refractivity contribution in [1.29, 1.82) is 0 Å². The Labute approximate surface area is 307 Å². The number of aliphatic imine (C=N–C) groups is 1. The maximum Gasteiger partial charge on any atom is 0.415 e. The third-order valence-corrected chi connectivity index (χ3v) is 9.72. The molecule has 12 heteroatoms. The van der Waals surface area contributed by atoms with Crippen LogP contribution in [0.1, 0.15) is 75.6 Å². The van der Waals surface area contributed by atoms with Crippen molar-refractivity contribution in [2.24, 2.45) is 28.5 Å². The van der Waals surface area contributed by atoms with E-state index in [1.165, 1.54) is 12.7 Å². The molecule has 7 N–H and O–H groups in total. The lowest BCUT2D eigenvalue weighted by Gasteiger charge is -2.33. The molecule has 0 radical (unpaired) electrons. The van der Waals surface area contributed by atoms with Crippen molar-refractivity contribution in [3.05, 3.63) is 103 Å². The largest absolute Gasteiger partial charge is 0.415 e. The predicted octanol–water partition coefficient (Wildman–Crippen LogP) is 4.95. The number of hydrogen-bond acceptors (Lipinski definition) is 7. The van der Waals surface area contributed by atoms with Crippen molar-refractivity contribution in [2.75, 3.05) is 0 Å². The van der Waals surface area contributed by atoms with Gasteiger partial charge in [0.25, 0.3) is 6.02 Å². The summed E-state index contributed by atoms with van der Waals surface area (Å²) in [4.78, 5) is 52.1. The van der Waals surface area contributed by atoms with E-state index in [0.717, 1.165) is 36.8 Å². The number of aromatic amines is 1. The molecule has 3 aromatic rings. The van der Waals surface area contributed by atoms with E-state index in [2.05, 4.69) is 51.3 Å². The van der Waals surface area contributed by atoms with Crippen LogP contribution < -0.4 is 21.7 Å². The van der Waals surface area contributed by atoms with Crippen LogP contribution in [0.4, 0.5) is 4.79 Å². The number of allylic oxidation sites excluding steroid dienone is 1. The van der Waals surface area contributed by atoms with E-state index in [0.29, 0.717) is 24.5 Å². The van der Waals surface area contributed by atoms with Crippen LogP contribution >= 0.6 is 0 Å². The second-order valence-electron chi connectivity index (χ2n) is 14.0. The van der Waals surface area contributed by atoms with Gasteiger partial charge >= 0.3 is 6.09 Å². The molecule has 2 aromatic carbocycles. The number of aromatic nitrogens is 2. The van der Waals surface area contributed by atoms with Gasteiger partial charge in [-0.2, -0.15) is 0 Å². The van der Waals surface area contributed by atoms with Crippen LogP contribution in [0, 0.1) is 17.8 Å². The van der Waals surface area contributed by atoms with Gasteiger partial charge in [-0.25, -0.2) is 14.8 Å². The summed E-state index contributed by atoms with van der Waals surface area (Å²) < 4.78 is 5.21. The highest BCUT2D eigenvalue weighted by atomic mass is 16.6. The Balaban J connectivity index is 1.53. The minimum absolute atomic E-state index is 0.0750. The molecule has 280 valence electrons. The molecule has 1 saturated carbocycles. The monoisotopic (exact) mass is 713 g/mol. The van der Waals surface area contributed by atoms with E-state index in [-0.39, 0.29) is 31.2 Å². The van der Waals surface area contributed by atoms with E-state index in [1.54, 1.807) is 6.20 Å². The average molecular weight is 714 g/mol. The summed E-state index contributed by atoms with van der Waals surface area (Å²) in [7, 11) is 0. The summed E-state index contributed by atoms with van der Waals surface area (Å²) in [6, 6.07) is 15.3. The lowest BCUT2D eigenvalue weighted by molar-refractivity contribution is -0.130. The number of aliphatic hydroxyl groups excluding tert-OH is 1. The molecule has 0 unspecified atom stereocenters. The fourth-order valence-electron chi connectivity index (χ4n) is 6.67.